The summed E-state index contributed by atoms with van der Waals surface area (Å²) in [7, 11) is 0. The topological polar surface area (TPSA) is 29.3 Å². The third-order valence-electron chi connectivity index (χ3n) is 4.05. The van der Waals surface area contributed by atoms with Gasteiger partial charge in [-0.25, -0.2) is 0 Å². The van der Waals surface area contributed by atoms with Crippen LogP contribution in [0.5, 0.6) is 0 Å². The van der Waals surface area contributed by atoms with Crippen molar-refractivity contribution in [2.75, 3.05) is 13.1 Å². The molecule has 0 amide bonds. The molecule has 1 fully saturated rings. The Bertz CT molecular complexity index is 451. The van der Waals surface area contributed by atoms with E-state index in [1.807, 2.05) is 0 Å². The molecule has 1 heterocycles. The Labute approximate surface area is 123 Å². The van der Waals surface area contributed by atoms with Crippen molar-refractivity contribution in [3.63, 3.8) is 0 Å². The molecule has 1 unspecified atom stereocenters. The summed E-state index contributed by atoms with van der Waals surface area (Å²) in [4.78, 5) is 2.66. The zero-order valence-corrected chi connectivity index (χ0v) is 12.6. The Kier molecular flexibility index (Phi) is 6.11. The first-order valence-electron chi connectivity index (χ1n) is 7.85. The number of hydrogen-bond acceptors (Lipinski definition) is 2. The minimum absolute atomic E-state index is 0.425. The first-order valence-corrected chi connectivity index (χ1v) is 7.85. The van der Waals surface area contributed by atoms with Crippen LogP contribution in [0.1, 0.15) is 50.2 Å². The highest BCUT2D eigenvalue weighted by atomic mass is 15.2. The smallest absolute Gasteiger partial charge is 0.0555 e. The summed E-state index contributed by atoms with van der Waals surface area (Å²) in [6.45, 7) is 5.04. The maximum Gasteiger partial charge on any atom is 0.0555 e. The van der Waals surface area contributed by atoms with E-state index in [-0.39, 0.29) is 0 Å². The van der Waals surface area contributed by atoms with E-state index in [9.17, 15) is 0 Å². The van der Waals surface area contributed by atoms with Gasteiger partial charge in [0.25, 0.3) is 0 Å². The van der Waals surface area contributed by atoms with E-state index < -0.39 is 0 Å². The second kappa shape index (κ2) is 8.09. The lowest BCUT2D eigenvalue weighted by atomic mass is 9.97. The van der Waals surface area contributed by atoms with Crippen molar-refractivity contribution in [2.24, 2.45) is 5.73 Å². The molecule has 0 bridgehead atoms. The van der Waals surface area contributed by atoms with Gasteiger partial charge in [0, 0.05) is 18.2 Å². The predicted molar refractivity (Wildman–Crippen MR) is 85.3 cm³/mol. The normalized spacial score (nSPS) is 19.4. The van der Waals surface area contributed by atoms with Crippen LogP contribution in [0, 0.1) is 11.8 Å². The zero-order valence-electron chi connectivity index (χ0n) is 12.6. The summed E-state index contributed by atoms with van der Waals surface area (Å²) >= 11 is 0. The molecule has 1 saturated heterocycles. The number of likely N-dealkylation sites (tertiary alicyclic amines) is 1. The Morgan fingerprint density at radius 1 is 1.25 bits per heavy atom. The maximum atomic E-state index is 5.39. The van der Waals surface area contributed by atoms with Crippen molar-refractivity contribution in [1.82, 2.24) is 4.90 Å². The van der Waals surface area contributed by atoms with E-state index in [4.69, 9.17) is 5.73 Å². The van der Waals surface area contributed by atoms with Crippen LogP contribution < -0.4 is 5.73 Å². The first-order chi connectivity index (χ1) is 9.83. The van der Waals surface area contributed by atoms with Crippen LogP contribution in [0.2, 0.25) is 0 Å². The fourth-order valence-electron chi connectivity index (χ4n) is 3.01. The molecule has 1 aliphatic heterocycles. The standard InChI is InChI=1S/C18H26N2/c1-2-6-18-8-3-4-14-20(18)15-17-11-9-16(10-12-17)7-5-13-19/h9-12,18H,2-4,6,8,13-15,19H2,1H3. The SMILES string of the molecule is CCCC1CCCCN1Cc1ccc(C#CCN)cc1. The van der Waals surface area contributed by atoms with Crippen LogP contribution in [0.4, 0.5) is 0 Å². The van der Waals surface area contributed by atoms with E-state index in [0.29, 0.717) is 6.54 Å². The minimum atomic E-state index is 0.425. The molecule has 0 radical (unpaired) electrons. The van der Waals surface area contributed by atoms with Crippen LogP contribution in [0.3, 0.4) is 0 Å². The second-order valence-corrected chi connectivity index (χ2v) is 5.61. The van der Waals surface area contributed by atoms with Gasteiger partial charge in [-0.1, -0.05) is 43.7 Å². The Hall–Kier alpha value is -1.30. The van der Waals surface area contributed by atoms with Gasteiger partial charge in [0.05, 0.1) is 6.54 Å². The van der Waals surface area contributed by atoms with Gasteiger partial charge in [0.15, 0.2) is 0 Å². The number of nitrogens with two attached hydrogens (primary N) is 1. The van der Waals surface area contributed by atoms with Crippen LogP contribution in [-0.2, 0) is 6.54 Å². The minimum Gasteiger partial charge on any atom is -0.320 e. The molecule has 1 aromatic carbocycles. The van der Waals surface area contributed by atoms with Crippen LogP contribution in [-0.4, -0.2) is 24.0 Å². The lowest BCUT2D eigenvalue weighted by Crippen LogP contribution is -2.38. The van der Waals surface area contributed by atoms with E-state index in [2.05, 4.69) is 47.9 Å². The van der Waals surface area contributed by atoms with Crippen molar-refractivity contribution in [1.29, 1.82) is 0 Å². The van der Waals surface area contributed by atoms with Crippen LogP contribution >= 0.6 is 0 Å². The Morgan fingerprint density at radius 3 is 2.75 bits per heavy atom. The number of benzene rings is 1. The lowest BCUT2D eigenvalue weighted by molar-refractivity contribution is 0.131. The highest BCUT2D eigenvalue weighted by Crippen LogP contribution is 2.22. The summed E-state index contributed by atoms with van der Waals surface area (Å²) in [5.41, 5.74) is 7.85. The third kappa shape index (κ3) is 4.37. The zero-order chi connectivity index (χ0) is 14.2. The van der Waals surface area contributed by atoms with Crippen LogP contribution in [0.25, 0.3) is 0 Å². The van der Waals surface area contributed by atoms with Crippen molar-refractivity contribution in [3.05, 3.63) is 35.4 Å². The second-order valence-electron chi connectivity index (χ2n) is 5.61. The molecule has 0 aromatic heterocycles. The van der Waals surface area contributed by atoms with Gasteiger partial charge in [-0.3, -0.25) is 4.90 Å². The average molecular weight is 270 g/mol. The molecule has 108 valence electrons. The molecule has 1 aliphatic rings. The van der Waals surface area contributed by atoms with Gasteiger partial charge in [0.2, 0.25) is 0 Å². The van der Waals surface area contributed by atoms with Crippen molar-refractivity contribution < 1.29 is 0 Å². The van der Waals surface area contributed by atoms with Crippen molar-refractivity contribution >= 4 is 0 Å². The van der Waals surface area contributed by atoms with Gasteiger partial charge >= 0.3 is 0 Å². The van der Waals surface area contributed by atoms with Crippen molar-refractivity contribution in [3.8, 4) is 11.8 Å². The maximum absolute atomic E-state index is 5.39. The molecule has 20 heavy (non-hydrogen) atoms. The fourth-order valence-corrected chi connectivity index (χ4v) is 3.01. The Balaban J connectivity index is 1.97. The molecule has 1 aromatic rings. The monoisotopic (exact) mass is 270 g/mol. The molecule has 2 rings (SSSR count). The number of piperidine rings is 1. The molecular formula is C18H26N2. The molecule has 2 nitrogen and oxygen atoms in total. The summed E-state index contributed by atoms with van der Waals surface area (Å²) in [5.74, 6) is 5.97. The van der Waals surface area contributed by atoms with E-state index in [1.165, 1.54) is 44.2 Å². The summed E-state index contributed by atoms with van der Waals surface area (Å²) in [6.07, 6.45) is 6.73. The molecule has 0 spiro atoms. The predicted octanol–water partition coefficient (Wildman–Crippen LogP) is 3.15. The number of nitrogens with zero attached hydrogens (tertiary/aromatic N) is 1. The lowest BCUT2D eigenvalue weighted by Gasteiger charge is -2.35. The fraction of sp³-hybridized carbons (Fsp3) is 0.556. The van der Waals surface area contributed by atoms with E-state index in [1.54, 1.807) is 0 Å². The summed E-state index contributed by atoms with van der Waals surface area (Å²) < 4.78 is 0. The highest BCUT2D eigenvalue weighted by molar-refractivity contribution is 5.36. The van der Waals surface area contributed by atoms with Gasteiger partial charge in [-0.15, -0.1) is 0 Å². The van der Waals surface area contributed by atoms with Gasteiger partial charge in [-0.2, -0.15) is 0 Å². The van der Waals surface area contributed by atoms with Gasteiger partial charge in [-0.05, 0) is 43.5 Å². The van der Waals surface area contributed by atoms with Gasteiger partial charge < -0.3 is 5.73 Å². The summed E-state index contributed by atoms with van der Waals surface area (Å²) in [6, 6.07) is 9.41. The van der Waals surface area contributed by atoms with Crippen LogP contribution in [0.15, 0.2) is 24.3 Å². The highest BCUT2D eigenvalue weighted by Gasteiger charge is 2.21. The summed E-state index contributed by atoms with van der Waals surface area (Å²) in [5, 5.41) is 0. The number of rotatable bonds is 4. The van der Waals surface area contributed by atoms with Crippen molar-refractivity contribution in [2.45, 2.75) is 51.6 Å². The molecule has 2 N–H and O–H groups in total. The number of hydrogen-bond donors (Lipinski definition) is 1. The third-order valence-corrected chi connectivity index (χ3v) is 4.05. The average Bonchev–Trinajstić information content (AvgIpc) is 2.49. The first kappa shape index (κ1) is 15.1. The molecule has 0 aliphatic carbocycles. The largest absolute Gasteiger partial charge is 0.320 e. The van der Waals surface area contributed by atoms with E-state index >= 15 is 0 Å². The van der Waals surface area contributed by atoms with E-state index in [0.717, 1.165) is 18.2 Å². The molecule has 0 saturated carbocycles. The molecule has 1 atom stereocenters. The molecule has 2 heteroatoms. The quantitative estimate of drug-likeness (QED) is 0.852. The Morgan fingerprint density at radius 2 is 2.05 bits per heavy atom. The molecular weight excluding hydrogens is 244 g/mol. The van der Waals surface area contributed by atoms with Gasteiger partial charge in [0.1, 0.15) is 0 Å².